The number of para-hydroxylation sites is 1. The maximum Gasteiger partial charge on any atom is 0.0471 e. The lowest BCUT2D eigenvalue weighted by molar-refractivity contribution is 0.661. The van der Waals surface area contributed by atoms with E-state index in [-0.39, 0.29) is 0 Å². The van der Waals surface area contributed by atoms with Gasteiger partial charge in [-0.3, -0.25) is 0 Å². The predicted octanol–water partition coefficient (Wildman–Crippen LogP) is 9.23. The number of rotatable bonds is 11. The van der Waals surface area contributed by atoms with Gasteiger partial charge < -0.3 is 4.98 Å². The van der Waals surface area contributed by atoms with Crippen LogP contribution >= 0.6 is 0 Å². The van der Waals surface area contributed by atoms with E-state index in [0.717, 1.165) is 0 Å². The fourth-order valence-electron chi connectivity index (χ4n) is 4.76. The van der Waals surface area contributed by atoms with Crippen molar-refractivity contribution in [2.75, 3.05) is 0 Å². The summed E-state index contributed by atoms with van der Waals surface area (Å²) in [6.45, 7) is 4.57. The molecule has 3 aromatic carbocycles. The number of benzene rings is 3. The Morgan fingerprint density at radius 2 is 1.19 bits per heavy atom. The van der Waals surface area contributed by atoms with Gasteiger partial charge in [0, 0.05) is 21.8 Å². The average Bonchev–Trinajstić information content (AvgIpc) is 3.17. The number of unbranched alkanes of at least 4 members (excludes halogenated alkanes) is 6. The van der Waals surface area contributed by atoms with Crippen molar-refractivity contribution in [3.63, 3.8) is 0 Å². The smallest absolute Gasteiger partial charge is 0.0471 e. The van der Waals surface area contributed by atoms with Gasteiger partial charge in [-0.15, -0.1) is 0 Å². The third-order valence-electron chi connectivity index (χ3n) is 6.53. The molecule has 1 heteroatoms. The minimum atomic E-state index is 1.20. The first-order valence-corrected chi connectivity index (χ1v) is 12.4. The predicted molar refractivity (Wildman–Crippen MR) is 137 cm³/mol. The lowest BCUT2D eigenvalue weighted by Crippen LogP contribution is -1.93. The number of aromatic amines is 1. The summed E-state index contributed by atoms with van der Waals surface area (Å²) in [6.07, 6.45) is 13.0. The SMILES string of the molecule is CCCCCCc1cc(CCCCCC)cc(-c2ccc3c(c2)[nH]c2ccccc23)c1. The number of nitrogens with one attached hydrogen (secondary N) is 1. The molecule has 1 heterocycles. The summed E-state index contributed by atoms with van der Waals surface area (Å²) in [5.41, 5.74) is 8.17. The molecule has 4 aromatic rings. The van der Waals surface area contributed by atoms with Gasteiger partial charge in [-0.2, -0.15) is 0 Å². The molecule has 1 nitrogen and oxygen atoms in total. The summed E-state index contributed by atoms with van der Waals surface area (Å²) in [5.74, 6) is 0. The highest BCUT2D eigenvalue weighted by Gasteiger charge is 2.08. The molecule has 0 bridgehead atoms. The summed E-state index contributed by atoms with van der Waals surface area (Å²) in [7, 11) is 0. The number of aryl methyl sites for hydroxylation is 2. The second kappa shape index (κ2) is 10.7. The normalized spacial score (nSPS) is 11.5. The summed E-state index contributed by atoms with van der Waals surface area (Å²) >= 11 is 0. The maximum absolute atomic E-state index is 3.61. The summed E-state index contributed by atoms with van der Waals surface area (Å²) < 4.78 is 0. The highest BCUT2D eigenvalue weighted by atomic mass is 14.7. The fourth-order valence-corrected chi connectivity index (χ4v) is 4.76. The third kappa shape index (κ3) is 5.39. The van der Waals surface area contributed by atoms with Crippen LogP contribution in [0.3, 0.4) is 0 Å². The zero-order valence-electron chi connectivity index (χ0n) is 19.3. The van der Waals surface area contributed by atoms with Crippen LogP contribution in [0, 0.1) is 0 Å². The molecule has 31 heavy (non-hydrogen) atoms. The van der Waals surface area contributed by atoms with Crippen molar-refractivity contribution in [3.05, 3.63) is 71.8 Å². The molecule has 0 amide bonds. The van der Waals surface area contributed by atoms with Crippen molar-refractivity contribution in [1.82, 2.24) is 4.98 Å². The number of fused-ring (bicyclic) bond motifs is 3. The number of aromatic nitrogens is 1. The van der Waals surface area contributed by atoms with Crippen LogP contribution in [0.15, 0.2) is 60.7 Å². The molecule has 1 aromatic heterocycles. The number of hydrogen-bond acceptors (Lipinski definition) is 0. The molecule has 0 aliphatic heterocycles. The van der Waals surface area contributed by atoms with Gasteiger partial charge in [-0.25, -0.2) is 0 Å². The van der Waals surface area contributed by atoms with Crippen LogP contribution in [0.2, 0.25) is 0 Å². The quantitative estimate of drug-likeness (QED) is 0.237. The fraction of sp³-hybridized carbons (Fsp3) is 0.400. The average molecular weight is 412 g/mol. The zero-order chi connectivity index (χ0) is 21.5. The van der Waals surface area contributed by atoms with Gasteiger partial charge in [0.25, 0.3) is 0 Å². The molecule has 0 atom stereocenters. The molecule has 0 radical (unpaired) electrons. The minimum Gasteiger partial charge on any atom is -0.354 e. The lowest BCUT2D eigenvalue weighted by Gasteiger charge is -2.11. The molecule has 1 N–H and O–H groups in total. The van der Waals surface area contributed by atoms with Crippen LogP contribution in [-0.4, -0.2) is 4.98 Å². The first kappa shape index (κ1) is 21.7. The molecule has 0 saturated carbocycles. The van der Waals surface area contributed by atoms with E-state index in [1.165, 1.54) is 108 Å². The molecular formula is C30H37N. The van der Waals surface area contributed by atoms with E-state index < -0.39 is 0 Å². The van der Waals surface area contributed by atoms with E-state index in [9.17, 15) is 0 Å². The van der Waals surface area contributed by atoms with Crippen molar-refractivity contribution in [3.8, 4) is 11.1 Å². The van der Waals surface area contributed by atoms with Crippen LogP contribution in [0.1, 0.15) is 76.3 Å². The summed E-state index contributed by atoms with van der Waals surface area (Å²) in [6, 6.07) is 22.9. The van der Waals surface area contributed by atoms with E-state index in [1.807, 2.05) is 0 Å². The highest BCUT2D eigenvalue weighted by molar-refractivity contribution is 6.08. The van der Waals surface area contributed by atoms with Crippen LogP contribution in [0.5, 0.6) is 0 Å². The van der Waals surface area contributed by atoms with Gasteiger partial charge in [-0.05, 0) is 60.1 Å². The standard InChI is InChI=1S/C30H37N/c1-3-5-7-9-13-23-19-24(14-10-8-6-4-2)21-26(20-23)25-17-18-28-27-15-11-12-16-29(27)31-30(28)22-25/h11-12,15-22,31H,3-10,13-14H2,1-2H3. The van der Waals surface area contributed by atoms with Crippen molar-refractivity contribution in [2.24, 2.45) is 0 Å². The molecule has 0 saturated heterocycles. The van der Waals surface area contributed by atoms with Gasteiger partial charge in [0.15, 0.2) is 0 Å². The lowest BCUT2D eigenvalue weighted by atomic mass is 9.94. The Bertz CT molecular complexity index is 1090. The zero-order valence-corrected chi connectivity index (χ0v) is 19.3. The monoisotopic (exact) mass is 411 g/mol. The second-order valence-electron chi connectivity index (χ2n) is 9.09. The van der Waals surface area contributed by atoms with Crippen molar-refractivity contribution in [2.45, 2.75) is 78.1 Å². The van der Waals surface area contributed by atoms with E-state index in [2.05, 4.69) is 79.5 Å². The Morgan fingerprint density at radius 1 is 0.548 bits per heavy atom. The van der Waals surface area contributed by atoms with Crippen molar-refractivity contribution in [1.29, 1.82) is 0 Å². The summed E-state index contributed by atoms with van der Waals surface area (Å²) in [4.78, 5) is 3.61. The second-order valence-corrected chi connectivity index (χ2v) is 9.09. The Morgan fingerprint density at radius 3 is 1.87 bits per heavy atom. The van der Waals surface area contributed by atoms with Gasteiger partial charge in [0.1, 0.15) is 0 Å². The van der Waals surface area contributed by atoms with Gasteiger partial charge in [-0.1, -0.05) is 101 Å². The largest absolute Gasteiger partial charge is 0.354 e. The first-order chi connectivity index (χ1) is 15.3. The third-order valence-corrected chi connectivity index (χ3v) is 6.53. The Hall–Kier alpha value is -2.54. The van der Waals surface area contributed by atoms with E-state index >= 15 is 0 Å². The van der Waals surface area contributed by atoms with Gasteiger partial charge >= 0.3 is 0 Å². The van der Waals surface area contributed by atoms with E-state index in [1.54, 1.807) is 0 Å². The number of H-pyrrole nitrogens is 1. The molecule has 0 aliphatic rings. The van der Waals surface area contributed by atoms with Crippen molar-refractivity contribution >= 4 is 21.8 Å². The first-order valence-electron chi connectivity index (χ1n) is 12.4. The number of hydrogen-bond donors (Lipinski definition) is 1. The van der Waals surface area contributed by atoms with Crippen LogP contribution in [-0.2, 0) is 12.8 Å². The molecule has 0 spiro atoms. The van der Waals surface area contributed by atoms with Gasteiger partial charge in [0.05, 0.1) is 0 Å². The van der Waals surface area contributed by atoms with E-state index in [0.29, 0.717) is 0 Å². The molecule has 0 unspecified atom stereocenters. The van der Waals surface area contributed by atoms with E-state index in [4.69, 9.17) is 0 Å². The van der Waals surface area contributed by atoms with Crippen LogP contribution in [0.4, 0.5) is 0 Å². The molecule has 162 valence electrons. The molecular weight excluding hydrogens is 374 g/mol. The molecule has 0 fully saturated rings. The Balaban J connectivity index is 1.63. The maximum atomic E-state index is 3.61. The van der Waals surface area contributed by atoms with Crippen molar-refractivity contribution < 1.29 is 0 Å². The Kier molecular flexibility index (Phi) is 7.46. The van der Waals surface area contributed by atoms with Gasteiger partial charge in [0.2, 0.25) is 0 Å². The van der Waals surface area contributed by atoms with Crippen LogP contribution < -0.4 is 0 Å². The topological polar surface area (TPSA) is 15.8 Å². The summed E-state index contributed by atoms with van der Waals surface area (Å²) in [5, 5.41) is 2.63. The molecule has 4 rings (SSSR count). The minimum absolute atomic E-state index is 1.20. The molecule has 0 aliphatic carbocycles. The Labute approximate surface area is 187 Å². The highest BCUT2D eigenvalue weighted by Crippen LogP contribution is 2.31. The van der Waals surface area contributed by atoms with Crippen LogP contribution in [0.25, 0.3) is 32.9 Å².